The van der Waals surface area contributed by atoms with Gasteiger partial charge < -0.3 is 10.0 Å². The van der Waals surface area contributed by atoms with Gasteiger partial charge in [-0.2, -0.15) is 0 Å². The van der Waals surface area contributed by atoms with E-state index >= 15 is 0 Å². The van der Waals surface area contributed by atoms with Crippen LogP contribution in [0.25, 0.3) is 0 Å². The lowest BCUT2D eigenvalue weighted by atomic mass is 10.1. The van der Waals surface area contributed by atoms with E-state index in [1.165, 1.54) is 15.8 Å². The van der Waals surface area contributed by atoms with Crippen molar-refractivity contribution in [2.45, 2.75) is 11.3 Å². The highest BCUT2D eigenvalue weighted by atomic mass is 32.2. The van der Waals surface area contributed by atoms with Crippen molar-refractivity contribution in [3.8, 4) is 0 Å². The van der Waals surface area contributed by atoms with Gasteiger partial charge in [-0.3, -0.25) is 0 Å². The predicted molar refractivity (Wildman–Crippen MR) is 76.7 cm³/mol. The minimum Gasteiger partial charge on any atom is -0.477 e. The van der Waals surface area contributed by atoms with E-state index in [-0.39, 0.29) is 9.77 Å². The van der Waals surface area contributed by atoms with Crippen molar-refractivity contribution in [1.82, 2.24) is 9.21 Å². The van der Waals surface area contributed by atoms with Crippen molar-refractivity contribution >= 4 is 27.3 Å². The number of rotatable bonds is 5. The summed E-state index contributed by atoms with van der Waals surface area (Å²) in [6.07, 6.45) is 0.986. The Morgan fingerprint density at radius 3 is 2.80 bits per heavy atom. The number of likely N-dealkylation sites (tertiary alicyclic amines) is 1. The molecule has 1 atom stereocenters. The monoisotopic (exact) mass is 318 g/mol. The second kappa shape index (κ2) is 5.80. The van der Waals surface area contributed by atoms with E-state index in [0.717, 1.165) is 30.8 Å². The Hall–Kier alpha value is -0.960. The number of thiophene rings is 1. The van der Waals surface area contributed by atoms with Gasteiger partial charge in [0.25, 0.3) is 0 Å². The molecule has 0 saturated carbocycles. The highest BCUT2D eigenvalue weighted by molar-refractivity contribution is 7.89. The van der Waals surface area contributed by atoms with Crippen molar-refractivity contribution < 1.29 is 18.3 Å². The second-order valence-corrected chi connectivity index (χ2v) is 8.11. The van der Waals surface area contributed by atoms with Crippen LogP contribution in [0, 0.1) is 5.92 Å². The average Bonchev–Trinajstić information content (AvgIpc) is 2.98. The third-order valence-corrected chi connectivity index (χ3v) is 6.37. The molecular formula is C12H18N2O4S2. The molecule has 0 bridgehead atoms. The summed E-state index contributed by atoms with van der Waals surface area (Å²) in [5, 5.41) is 10.2. The molecular weight excluding hydrogens is 300 g/mol. The lowest BCUT2D eigenvalue weighted by molar-refractivity contribution is 0.0702. The molecule has 1 aliphatic heterocycles. The van der Waals surface area contributed by atoms with Crippen LogP contribution < -0.4 is 0 Å². The van der Waals surface area contributed by atoms with Crippen LogP contribution >= 0.6 is 11.3 Å². The van der Waals surface area contributed by atoms with Gasteiger partial charge in [0, 0.05) is 25.5 Å². The fourth-order valence-electron chi connectivity index (χ4n) is 2.38. The Morgan fingerprint density at radius 1 is 1.60 bits per heavy atom. The quantitative estimate of drug-likeness (QED) is 0.877. The number of sulfonamides is 1. The van der Waals surface area contributed by atoms with Crippen molar-refractivity contribution in [2.75, 3.05) is 33.7 Å². The number of nitrogens with zero attached hydrogens (tertiary/aromatic N) is 2. The van der Waals surface area contributed by atoms with Crippen molar-refractivity contribution in [1.29, 1.82) is 0 Å². The normalized spacial score (nSPS) is 20.6. The maximum absolute atomic E-state index is 12.4. The van der Waals surface area contributed by atoms with Crippen LogP contribution in [0.1, 0.15) is 16.1 Å². The molecule has 1 aliphatic rings. The largest absolute Gasteiger partial charge is 0.477 e. The highest BCUT2D eigenvalue weighted by Gasteiger charge is 2.28. The second-order valence-electron chi connectivity index (χ2n) is 5.15. The zero-order valence-corrected chi connectivity index (χ0v) is 13.1. The Balaban J connectivity index is 2.10. The first-order valence-corrected chi connectivity index (χ1v) is 8.59. The molecule has 2 heterocycles. The van der Waals surface area contributed by atoms with Crippen LogP contribution in [0.3, 0.4) is 0 Å². The first-order chi connectivity index (χ1) is 9.30. The molecule has 8 heteroatoms. The SMILES string of the molecule is CN1CCC(CN(C)S(=O)(=O)c2csc(C(=O)O)c2)C1. The Labute approximate surface area is 122 Å². The zero-order chi connectivity index (χ0) is 14.9. The average molecular weight is 318 g/mol. The molecule has 1 aromatic rings. The molecule has 1 aromatic heterocycles. The lowest BCUT2D eigenvalue weighted by Crippen LogP contribution is -2.32. The van der Waals surface area contributed by atoms with E-state index in [1.54, 1.807) is 7.05 Å². The lowest BCUT2D eigenvalue weighted by Gasteiger charge is -2.20. The first-order valence-electron chi connectivity index (χ1n) is 6.27. The van der Waals surface area contributed by atoms with Crippen LogP contribution in [0.5, 0.6) is 0 Å². The number of carboxylic acids is 1. The van der Waals surface area contributed by atoms with E-state index in [2.05, 4.69) is 4.90 Å². The van der Waals surface area contributed by atoms with E-state index in [4.69, 9.17) is 5.11 Å². The third kappa shape index (κ3) is 3.20. The van der Waals surface area contributed by atoms with Gasteiger partial charge in [-0.25, -0.2) is 17.5 Å². The van der Waals surface area contributed by atoms with Crippen LogP contribution in [0.15, 0.2) is 16.3 Å². The minimum absolute atomic E-state index is 0.0394. The summed E-state index contributed by atoms with van der Waals surface area (Å²) in [4.78, 5) is 13.1. The Kier molecular flexibility index (Phi) is 4.48. The van der Waals surface area contributed by atoms with Gasteiger partial charge in [-0.15, -0.1) is 11.3 Å². The summed E-state index contributed by atoms with van der Waals surface area (Å²) in [6, 6.07) is 1.22. The predicted octanol–water partition coefficient (Wildman–Crippen LogP) is 1.02. The van der Waals surface area contributed by atoms with E-state index in [1.807, 2.05) is 7.05 Å². The van der Waals surface area contributed by atoms with Crippen LogP contribution in [0.2, 0.25) is 0 Å². The van der Waals surface area contributed by atoms with Gasteiger partial charge in [0.15, 0.2) is 0 Å². The van der Waals surface area contributed by atoms with Crippen LogP contribution in [-0.2, 0) is 10.0 Å². The topological polar surface area (TPSA) is 77.9 Å². The van der Waals surface area contributed by atoms with Crippen molar-refractivity contribution in [2.24, 2.45) is 5.92 Å². The smallest absolute Gasteiger partial charge is 0.345 e. The summed E-state index contributed by atoms with van der Waals surface area (Å²) in [5.41, 5.74) is 0. The molecule has 0 spiro atoms. The molecule has 0 radical (unpaired) electrons. The minimum atomic E-state index is -3.59. The summed E-state index contributed by atoms with van der Waals surface area (Å²) < 4.78 is 26.1. The summed E-state index contributed by atoms with van der Waals surface area (Å²) in [7, 11) is -0.0270. The molecule has 2 rings (SSSR count). The van der Waals surface area contributed by atoms with Gasteiger partial charge >= 0.3 is 5.97 Å². The van der Waals surface area contributed by atoms with E-state index in [0.29, 0.717) is 12.5 Å². The number of hydrogen-bond donors (Lipinski definition) is 1. The van der Waals surface area contributed by atoms with Gasteiger partial charge in [0.1, 0.15) is 4.88 Å². The fraction of sp³-hybridized carbons (Fsp3) is 0.583. The molecule has 1 fully saturated rings. The number of hydrogen-bond acceptors (Lipinski definition) is 5. The van der Waals surface area contributed by atoms with Crippen LogP contribution in [-0.4, -0.2) is 62.4 Å². The molecule has 0 amide bonds. The van der Waals surface area contributed by atoms with Gasteiger partial charge in [0.05, 0.1) is 4.90 Å². The zero-order valence-electron chi connectivity index (χ0n) is 11.4. The molecule has 0 aromatic carbocycles. The standard InChI is InChI=1S/C12H18N2O4S2/c1-13-4-3-9(6-13)7-14(2)20(17,18)10-5-11(12(15)16)19-8-10/h5,8-9H,3-4,6-7H2,1-2H3,(H,15,16). The van der Waals surface area contributed by atoms with Gasteiger partial charge in [-0.05, 0) is 32.0 Å². The van der Waals surface area contributed by atoms with Gasteiger partial charge in [0.2, 0.25) is 10.0 Å². The molecule has 1 N–H and O–H groups in total. The summed E-state index contributed by atoms with van der Waals surface area (Å²) in [6.45, 7) is 2.34. The van der Waals surface area contributed by atoms with E-state index < -0.39 is 16.0 Å². The highest BCUT2D eigenvalue weighted by Crippen LogP contribution is 2.24. The summed E-state index contributed by atoms with van der Waals surface area (Å²) >= 11 is 0.931. The first kappa shape index (κ1) is 15.4. The van der Waals surface area contributed by atoms with E-state index in [9.17, 15) is 13.2 Å². The molecule has 112 valence electrons. The molecule has 1 unspecified atom stereocenters. The molecule has 0 aliphatic carbocycles. The summed E-state index contributed by atoms with van der Waals surface area (Å²) in [5.74, 6) is -0.770. The number of carboxylic acid groups (broad SMARTS) is 1. The number of aromatic carboxylic acids is 1. The Morgan fingerprint density at radius 2 is 2.30 bits per heavy atom. The third-order valence-electron chi connectivity index (χ3n) is 3.50. The molecule has 1 saturated heterocycles. The maximum atomic E-state index is 12.4. The number of carbonyl (C=O) groups is 1. The van der Waals surface area contributed by atoms with Crippen LogP contribution in [0.4, 0.5) is 0 Å². The van der Waals surface area contributed by atoms with Crippen molar-refractivity contribution in [3.05, 3.63) is 16.3 Å². The van der Waals surface area contributed by atoms with Gasteiger partial charge in [-0.1, -0.05) is 0 Å². The molecule has 20 heavy (non-hydrogen) atoms. The fourth-order valence-corrected chi connectivity index (χ4v) is 4.73. The maximum Gasteiger partial charge on any atom is 0.345 e. The Bertz CT molecular complexity index is 596. The van der Waals surface area contributed by atoms with Crippen molar-refractivity contribution in [3.63, 3.8) is 0 Å². The molecule has 6 nitrogen and oxygen atoms in total.